The summed E-state index contributed by atoms with van der Waals surface area (Å²) in [7, 11) is 0. The molecule has 2 aliphatic rings. The molecule has 0 radical (unpaired) electrons. The maximum absolute atomic E-state index is 14.1. The lowest BCUT2D eigenvalue weighted by Gasteiger charge is -2.15. The van der Waals surface area contributed by atoms with Crippen molar-refractivity contribution in [2.45, 2.75) is 39.2 Å². The number of thiophene rings is 1. The SMILES string of the molecule is CC(=O)c1ccc(-c2cc(F)cc3c2OC(CNC(=O)C2(C)CC2)C3)s1. The van der Waals surface area contributed by atoms with E-state index >= 15 is 0 Å². The first-order valence-electron chi connectivity index (χ1n) is 8.74. The van der Waals surface area contributed by atoms with Crippen molar-refractivity contribution in [1.82, 2.24) is 5.32 Å². The van der Waals surface area contributed by atoms with Crippen LogP contribution in [0.3, 0.4) is 0 Å². The topological polar surface area (TPSA) is 55.4 Å². The minimum atomic E-state index is -0.324. The van der Waals surface area contributed by atoms with E-state index in [2.05, 4.69) is 5.32 Å². The summed E-state index contributed by atoms with van der Waals surface area (Å²) in [5, 5.41) is 2.96. The average molecular weight is 373 g/mol. The Hall–Kier alpha value is -2.21. The molecule has 2 aromatic rings. The summed E-state index contributed by atoms with van der Waals surface area (Å²) in [6, 6.07) is 6.51. The van der Waals surface area contributed by atoms with E-state index in [-0.39, 0.29) is 29.0 Å². The first kappa shape index (κ1) is 17.2. The lowest BCUT2D eigenvalue weighted by atomic mass is 10.0. The molecular weight excluding hydrogens is 353 g/mol. The third kappa shape index (κ3) is 3.14. The molecule has 1 amide bonds. The van der Waals surface area contributed by atoms with Crippen molar-refractivity contribution in [3.05, 3.63) is 40.5 Å². The number of nitrogens with one attached hydrogen (secondary N) is 1. The average Bonchev–Trinajstić information content (AvgIpc) is 3.01. The fourth-order valence-electron chi connectivity index (χ4n) is 3.20. The number of Topliss-reactive ketones (excluding diaryl/α,β-unsaturated/α-hetero) is 1. The largest absolute Gasteiger partial charge is 0.487 e. The van der Waals surface area contributed by atoms with Crippen LogP contribution in [0.4, 0.5) is 4.39 Å². The Morgan fingerprint density at radius 3 is 2.77 bits per heavy atom. The van der Waals surface area contributed by atoms with Crippen molar-refractivity contribution in [1.29, 1.82) is 0 Å². The zero-order valence-corrected chi connectivity index (χ0v) is 15.5. The molecule has 1 aromatic carbocycles. The molecule has 1 aliphatic heterocycles. The van der Waals surface area contributed by atoms with Gasteiger partial charge >= 0.3 is 0 Å². The van der Waals surface area contributed by atoms with Gasteiger partial charge in [-0.3, -0.25) is 9.59 Å². The minimum absolute atomic E-state index is 0.00984. The maximum Gasteiger partial charge on any atom is 0.226 e. The first-order valence-corrected chi connectivity index (χ1v) is 9.56. The van der Waals surface area contributed by atoms with Crippen LogP contribution in [-0.4, -0.2) is 24.3 Å². The van der Waals surface area contributed by atoms with Crippen LogP contribution in [0.2, 0.25) is 0 Å². The van der Waals surface area contributed by atoms with Gasteiger partial charge in [0.15, 0.2) is 5.78 Å². The molecule has 1 N–H and O–H groups in total. The quantitative estimate of drug-likeness (QED) is 0.807. The number of benzene rings is 1. The van der Waals surface area contributed by atoms with E-state index in [0.717, 1.165) is 23.3 Å². The van der Waals surface area contributed by atoms with E-state index in [9.17, 15) is 14.0 Å². The number of carbonyl (C=O) groups is 2. The van der Waals surface area contributed by atoms with E-state index in [1.165, 1.54) is 30.4 Å². The fourth-order valence-corrected chi connectivity index (χ4v) is 4.11. The monoisotopic (exact) mass is 373 g/mol. The van der Waals surface area contributed by atoms with Gasteiger partial charge in [0, 0.05) is 27.8 Å². The summed E-state index contributed by atoms with van der Waals surface area (Å²) in [6.45, 7) is 3.89. The first-order chi connectivity index (χ1) is 12.4. The summed E-state index contributed by atoms with van der Waals surface area (Å²) >= 11 is 1.33. The van der Waals surface area contributed by atoms with Gasteiger partial charge in [0.25, 0.3) is 0 Å². The van der Waals surface area contributed by atoms with Crippen molar-refractivity contribution < 1.29 is 18.7 Å². The van der Waals surface area contributed by atoms with Gasteiger partial charge in [-0.1, -0.05) is 6.92 Å². The Kier molecular flexibility index (Phi) is 4.10. The predicted octanol–water partition coefficient (Wildman–Crippen LogP) is 3.98. The van der Waals surface area contributed by atoms with Crippen LogP contribution in [0, 0.1) is 11.2 Å². The van der Waals surface area contributed by atoms with Gasteiger partial charge < -0.3 is 10.1 Å². The molecule has 1 unspecified atom stereocenters. The molecule has 2 heterocycles. The zero-order chi connectivity index (χ0) is 18.5. The molecule has 0 bridgehead atoms. The van der Waals surface area contributed by atoms with E-state index in [1.54, 1.807) is 6.07 Å². The molecule has 1 aliphatic carbocycles. The number of rotatable bonds is 5. The Labute approximate surface area is 155 Å². The third-order valence-corrected chi connectivity index (χ3v) is 6.34. The van der Waals surface area contributed by atoms with E-state index in [0.29, 0.717) is 29.2 Å². The van der Waals surface area contributed by atoms with Crippen LogP contribution in [0.1, 0.15) is 41.9 Å². The molecule has 4 rings (SSSR count). The number of hydrogen-bond donors (Lipinski definition) is 1. The maximum atomic E-state index is 14.1. The summed E-state index contributed by atoms with van der Waals surface area (Å²) in [6.07, 6.45) is 2.21. The van der Waals surface area contributed by atoms with Crippen LogP contribution < -0.4 is 10.1 Å². The van der Waals surface area contributed by atoms with Crippen molar-refractivity contribution in [2.75, 3.05) is 6.54 Å². The highest BCUT2D eigenvalue weighted by Gasteiger charge is 2.45. The highest BCUT2D eigenvalue weighted by Crippen LogP contribution is 2.45. The van der Waals surface area contributed by atoms with Crippen molar-refractivity contribution in [3.63, 3.8) is 0 Å². The second-order valence-electron chi connectivity index (χ2n) is 7.38. The molecule has 0 spiro atoms. The molecule has 0 saturated heterocycles. The highest BCUT2D eigenvalue weighted by molar-refractivity contribution is 7.17. The summed E-state index contributed by atoms with van der Waals surface area (Å²) in [5.41, 5.74) is 1.25. The van der Waals surface area contributed by atoms with Gasteiger partial charge in [0.2, 0.25) is 5.91 Å². The Bertz CT molecular complexity index is 900. The second kappa shape index (κ2) is 6.20. The molecule has 1 fully saturated rings. The van der Waals surface area contributed by atoms with Crippen molar-refractivity contribution in [2.24, 2.45) is 5.41 Å². The summed E-state index contributed by atoms with van der Waals surface area (Å²) < 4.78 is 20.1. The molecular formula is C20H20FNO3S. The van der Waals surface area contributed by atoms with Crippen LogP contribution >= 0.6 is 11.3 Å². The smallest absolute Gasteiger partial charge is 0.226 e. The molecule has 4 nitrogen and oxygen atoms in total. The van der Waals surface area contributed by atoms with Gasteiger partial charge in [-0.2, -0.15) is 0 Å². The van der Waals surface area contributed by atoms with Gasteiger partial charge in [0.05, 0.1) is 11.4 Å². The zero-order valence-electron chi connectivity index (χ0n) is 14.7. The number of ether oxygens (including phenoxy) is 1. The fraction of sp³-hybridized carbons (Fsp3) is 0.400. The van der Waals surface area contributed by atoms with Gasteiger partial charge in [-0.25, -0.2) is 4.39 Å². The van der Waals surface area contributed by atoms with Gasteiger partial charge in [-0.05, 0) is 44.0 Å². The normalized spacial score (nSPS) is 19.6. The molecule has 6 heteroatoms. The Morgan fingerprint density at radius 2 is 2.12 bits per heavy atom. The van der Waals surface area contributed by atoms with Gasteiger partial charge in [-0.15, -0.1) is 11.3 Å². The molecule has 26 heavy (non-hydrogen) atoms. The molecule has 1 saturated carbocycles. The molecule has 136 valence electrons. The molecule has 1 aromatic heterocycles. The van der Waals surface area contributed by atoms with Crippen molar-refractivity contribution >= 4 is 23.0 Å². The number of fused-ring (bicyclic) bond motifs is 1. The Balaban J connectivity index is 1.53. The van der Waals surface area contributed by atoms with E-state index in [4.69, 9.17) is 4.74 Å². The molecule has 1 atom stereocenters. The second-order valence-corrected chi connectivity index (χ2v) is 8.46. The van der Waals surface area contributed by atoms with Crippen molar-refractivity contribution in [3.8, 4) is 16.2 Å². The van der Waals surface area contributed by atoms with Crippen LogP contribution in [-0.2, 0) is 11.2 Å². The van der Waals surface area contributed by atoms with Crippen LogP contribution in [0.5, 0.6) is 5.75 Å². The van der Waals surface area contributed by atoms with Crippen LogP contribution in [0.15, 0.2) is 24.3 Å². The number of ketones is 1. The number of hydrogen-bond acceptors (Lipinski definition) is 4. The lowest BCUT2D eigenvalue weighted by Crippen LogP contribution is -2.38. The third-order valence-electron chi connectivity index (χ3n) is 5.12. The minimum Gasteiger partial charge on any atom is -0.487 e. The van der Waals surface area contributed by atoms with Crippen LogP contribution in [0.25, 0.3) is 10.4 Å². The number of halogens is 1. The summed E-state index contributed by atoms with van der Waals surface area (Å²) in [5.74, 6) is 0.382. The predicted molar refractivity (Wildman–Crippen MR) is 98.2 cm³/mol. The lowest BCUT2D eigenvalue weighted by molar-refractivity contribution is -0.126. The Morgan fingerprint density at radius 1 is 1.35 bits per heavy atom. The van der Waals surface area contributed by atoms with Gasteiger partial charge in [0.1, 0.15) is 17.7 Å². The standard InChI is InChI=1S/C20H20FNO3S/c1-11(23)16-3-4-17(26-16)15-9-13(21)7-12-8-14(25-18(12)15)10-22-19(24)20(2)5-6-20/h3-4,7,9,14H,5-6,8,10H2,1-2H3,(H,22,24). The van der Waals surface area contributed by atoms with E-state index < -0.39 is 0 Å². The highest BCUT2D eigenvalue weighted by atomic mass is 32.1. The number of amides is 1. The van der Waals surface area contributed by atoms with E-state index in [1.807, 2.05) is 13.0 Å². The summed E-state index contributed by atoms with van der Waals surface area (Å²) in [4.78, 5) is 25.1. The number of carbonyl (C=O) groups excluding carboxylic acids is 2.